The molecule has 1 amide bonds. The monoisotopic (exact) mass is 419 g/mol. The second kappa shape index (κ2) is 9.25. The third-order valence-corrected chi connectivity index (χ3v) is 5.53. The Balaban J connectivity index is 1.53. The zero-order chi connectivity index (χ0) is 21.8. The van der Waals surface area contributed by atoms with Crippen LogP contribution in [-0.2, 0) is 11.2 Å². The highest BCUT2D eigenvalue weighted by molar-refractivity contribution is 5.77. The normalized spacial score (nSPS) is 14.7. The summed E-state index contributed by atoms with van der Waals surface area (Å²) in [7, 11) is 0. The Bertz CT molecular complexity index is 1050. The average Bonchev–Trinajstić information content (AvgIpc) is 3.11. The lowest BCUT2D eigenvalue weighted by Crippen LogP contribution is -2.32. The molecule has 6 nitrogen and oxygen atoms in total. The minimum Gasteiger partial charge on any atom is -0.486 e. The van der Waals surface area contributed by atoms with Crippen molar-refractivity contribution in [2.24, 2.45) is 0 Å². The van der Waals surface area contributed by atoms with Gasteiger partial charge in [0.05, 0.1) is 17.8 Å². The molecule has 4 rings (SSSR count). The molecule has 6 heteroatoms. The van der Waals surface area contributed by atoms with Crippen molar-refractivity contribution in [3.63, 3.8) is 0 Å². The minimum absolute atomic E-state index is 0.00382. The smallest absolute Gasteiger partial charge is 0.222 e. The molecule has 31 heavy (non-hydrogen) atoms. The second-order valence-electron chi connectivity index (χ2n) is 8.14. The molecule has 0 spiro atoms. The summed E-state index contributed by atoms with van der Waals surface area (Å²) in [5.41, 5.74) is 4.18. The SMILES string of the molecule is Cc1cc(C)n([C@@H](C)CC(=O)N[C@H](Cc2ccccc2)c2ccc3c(c2)OCCO3)n1. The van der Waals surface area contributed by atoms with E-state index in [1.54, 1.807) is 0 Å². The molecule has 0 radical (unpaired) electrons. The summed E-state index contributed by atoms with van der Waals surface area (Å²) in [6, 6.07) is 17.9. The zero-order valence-corrected chi connectivity index (χ0v) is 18.3. The Morgan fingerprint density at radius 2 is 1.81 bits per heavy atom. The van der Waals surface area contributed by atoms with Crippen molar-refractivity contribution in [1.29, 1.82) is 0 Å². The molecule has 1 aliphatic heterocycles. The second-order valence-corrected chi connectivity index (χ2v) is 8.14. The molecule has 162 valence electrons. The first kappa shape index (κ1) is 21.0. The first-order chi connectivity index (χ1) is 15.0. The van der Waals surface area contributed by atoms with Crippen LogP contribution in [0.5, 0.6) is 11.5 Å². The van der Waals surface area contributed by atoms with E-state index >= 15 is 0 Å². The molecule has 0 saturated heterocycles. The third-order valence-electron chi connectivity index (χ3n) is 5.53. The quantitative estimate of drug-likeness (QED) is 0.619. The van der Waals surface area contributed by atoms with Crippen LogP contribution in [0.15, 0.2) is 54.6 Å². The van der Waals surface area contributed by atoms with Gasteiger partial charge in [-0.1, -0.05) is 36.4 Å². The van der Waals surface area contributed by atoms with Crippen molar-refractivity contribution in [3.8, 4) is 11.5 Å². The Morgan fingerprint density at radius 1 is 1.06 bits per heavy atom. The first-order valence-electron chi connectivity index (χ1n) is 10.7. The van der Waals surface area contributed by atoms with E-state index in [1.807, 2.05) is 67.9 Å². The number of aromatic nitrogens is 2. The van der Waals surface area contributed by atoms with E-state index in [2.05, 4.69) is 22.5 Å². The summed E-state index contributed by atoms with van der Waals surface area (Å²) in [4.78, 5) is 13.0. The largest absolute Gasteiger partial charge is 0.486 e. The van der Waals surface area contributed by atoms with Crippen LogP contribution in [0.1, 0.15) is 47.9 Å². The number of hydrogen-bond acceptors (Lipinski definition) is 4. The summed E-state index contributed by atoms with van der Waals surface area (Å²) >= 11 is 0. The van der Waals surface area contributed by atoms with Gasteiger partial charge in [0.1, 0.15) is 13.2 Å². The summed E-state index contributed by atoms with van der Waals surface area (Å²) in [5.74, 6) is 1.47. The van der Waals surface area contributed by atoms with E-state index in [0.717, 1.165) is 34.0 Å². The molecule has 0 aliphatic carbocycles. The van der Waals surface area contributed by atoms with Gasteiger partial charge in [-0.25, -0.2) is 0 Å². The Morgan fingerprint density at radius 3 is 2.52 bits per heavy atom. The molecule has 0 unspecified atom stereocenters. The predicted molar refractivity (Wildman–Crippen MR) is 119 cm³/mol. The van der Waals surface area contributed by atoms with E-state index in [4.69, 9.17) is 9.47 Å². The Kier molecular flexibility index (Phi) is 6.26. The molecule has 2 aromatic carbocycles. The fourth-order valence-electron chi connectivity index (χ4n) is 4.08. The number of nitrogens with zero attached hydrogens (tertiary/aromatic N) is 2. The van der Waals surface area contributed by atoms with E-state index < -0.39 is 0 Å². The van der Waals surface area contributed by atoms with Gasteiger partial charge in [-0.2, -0.15) is 5.10 Å². The molecule has 2 atom stereocenters. The van der Waals surface area contributed by atoms with Gasteiger partial charge in [0.25, 0.3) is 0 Å². The maximum atomic E-state index is 13.0. The van der Waals surface area contributed by atoms with Crippen molar-refractivity contribution < 1.29 is 14.3 Å². The summed E-state index contributed by atoms with van der Waals surface area (Å²) in [5, 5.41) is 7.76. The number of benzene rings is 2. The maximum Gasteiger partial charge on any atom is 0.222 e. The molecule has 0 fully saturated rings. The molecule has 1 N–H and O–H groups in total. The minimum atomic E-state index is -0.168. The van der Waals surface area contributed by atoms with E-state index in [9.17, 15) is 4.79 Å². The number of carbonyl (C=O) groups is 1. The van der Waals surface area contributed by atoms with Gasteiger partial charge in [0.2, 0.25) is 5.91 Å². The van der Waals surface area contributed by atoms with Gasteiger partial charge < -0.3 is 14.8 Å². The number of fused-ring (bicyclic) bond motifs is 1. The molecule has 0 bridgehead atoms. The molecular formula is C25H29N3O3. The molecule has 1 aliphatic rings. The molecule has 3 aromatic rings. The van der Waals surface area contributed by atoms with Crippen molar-refractivity contribution in [1.82, 2.24) is 15.1 Å². The fourth-order valence-corrected chi connectivity index (χ4v) is 4.08. The van der Waals surface area contributed by atoms with Crippen LogP contribution in [0.3, 0.4) is 0 Å². The van der Waals surface area contributed by atoms with Crippen LogP contribution in [-0.4, -0.2) is 28.9 Å². The van der Waals surface area contributed by atoms with Gasteiger partial charge in [-0.3, -0.25) is 9.48 Å². The van der Waals surface area contributed by atoms with E-state index in [1.165, 1.54) is 0 Å². The van der Waals surface area contributed by atoms with Crippen LogP contribution < -0.4 is 14.8 Å². The fraction of sp³-hybridized carbons (Fsp3) is 0.360. The van der Waals surface area contributed by atoms with Crippen LogP contribution >= 0.6 is 0 Å². The summed E-state index contributed by atoms with van der Waals surface area (Å²) < 4.78 is 13.3. The van der Waals surface area contributed by atoms with Crippen LogP contribution in [0.4, 0.5) is 0 Å². The van der Waals surface area contributed by atoms with Crippen molar-refractivity contribution in [2.45, 2.75) is 45.7 Å². The lowest BCUT2D eigenvalue weighted by molar-refractivity contribution is -0.122. The molecule has 1 aromatic heterocycles. The number of nitrogens with one attached hydrogen (secondary N) is 1. The number of carbonyl (C=O) groups excluding carboxylic acids is 1. The third kappa shape index (κ3) is 5.08. The average molecular weight is 420 g/mol. The number of aryl methyl sites for hydroxylation is 2. The van der Waals surface area contributed by atoms with Crippen LogP contribution in [0, 0.1) is 13.8 Å². The first-order valence-corrected chi connectivity index (χ1v) is 10.7. The van der Waals surface area contributed by atoms with Crippen molar-refractivity contribution in [2.75, 3.05) is 13.2 Å². The lowest BCUT2D eigenvalue weighted by Gasteiger charge is -2.24. The summed E-state index contributed by atoms with van der Waals surface area (Å²) in [6.07, 6.45) is 1.05. The number of ether oxygens (including phenoxy) is 2. The highest BCUT2D eigenvalue weighted by atomic mass is 16.6. The van der Waals surface area contributed by atoms with E-state index in [0.29, 0.717) is 26.1 Å². The number of rotatable bonds is 7. The van der Waals surface area contributed by atoms with Crippen LogP contribution in [0.2, 0.25) is 0 Å². The lowest BCUT2D eigenvalue weighted by atomic mass is 9.98. The van der Waals surface area contributed by atoms with E-state index in [-0.39, 0.29) is 18.0 Å². The maximum absolute atomic E-state index is 13.0. The van der Waals surface area contributed by atoms with Crippen molar-refractivity contribution >= 4 is 5.91 Å². The highest BCUT2D eigenvalue weighted by Gasteiger charge is 2.21. The molecule has 2 heterocycles. The topological polar surface area (TPSA) is 65.4 Å². The van der Waals surface area contributed by atoms with Gasteiger partial charge >= 0.3 is 0 Å². The Labute approximate surface area is 183 Å². The van der Waals surface area contributed by atoms with Crippen LogP contribution in [0.25, 0.3) is 0 Å². The van der Waals surface area contributed by atoms with Gasteiger partial charge in [-0.15, -0.1) is 0 Å². The van der Waals surface area contributed by atoms with Crippen molar-refractivity contribution in [3.05, 3.63) is 77.1 Å². The zero-order valence-electron chi connectivity index (χ0n) is 18.3. The van der Waals surface area contributed by atoms with Gasteiger partial charge in [-0.05, 0) is 56.5 Å². The molecular weight excluding hydrogens is 390 g/mol. The van der Waals surface area contributed by atoms with Gasteiger partial charge in [0.15, 0.2) is 11.5 Å². The Hall–Kier alpha value is -3.28. The summed E-state index contributed by atoms with van der Waals surface area (Å²) in [6.45, 7) is 7.10. The molecule has 0 saturated carbocycles. The standard InChI is InChI=1S/C25H29N3O3/c1-17-13-18(2)28(27-17)19(3)14-25(29)26-22(15-20-7-5-4-6-8-20)21-9-10-23-24(16-21)31-12-11-30-23/h4-10,13,16,19,22H,11-12,14-15H2,1-3H3,(H,26,29)/t19-,22+/m0/s1. The highest BCUT2D eigenvalue weighted by Crippen LogP contribution is 2.33. The number of hydrogen-bond donors (Lipinski definition) is 1. The number of amides is 1. The predicted octanol–water partition coefficient (Wildman–Crippen LogP) is 4.32. The van der Waals surface area contributed by atoms with Gasteiger partial charge in [0, 0.05) is 12.1 Å².